The van der Waals surface area contributed by atoms with Gasteiger partial charge in [-0.1, -0.05) is 30.3 Å². The minimum absolute atomic E-state index is 0.175. The molecule has 0 aromatic heterocycles. The van der Waals surface area contributed by atoms with Crippen LogP contribution in [-0.4, -0.2) is 30.4 Å². The lowest BCUT2D eigenvalue weighted by atomic mass is 9.90. The third-order valence-corrected chi connectivity index (χ3v) is 5.23. The molecule has 150 valence electrons. The molecule has 0 saturated carbocycles. The van der Waals surface area contributed by atoms with Crippen LogP contribution in [0.25, 0.3) is 0 Å². The fraction of sp³-hybridized carbons (Fsp3) is 0.409. The topological polar surface area (TPSA) is 32.3 Å². The minimum Gasteiger partial charge on any atom is -0.326 e. The molecule has 1 amide bonds. The number of nitrogens with zero attached hydrogens (tertiary/aromatic N) is 1. The summed E-state index contributed by atoms with van der Waals surface area (Å²) in [6, 6.07) is 15.0. The molecule has 0 unspecified atom stereocenters. The van der Waals surface area contributed by atoms with Crippen molar-refractivity contribution in [2.24, 2.45) is 5.92 Å². The predicted molar refractivity (Wildman–Crippen MR) is 104 cm³/mol. The third-order valence-electron chi connectivity index (χ3n) is 5.23. The maximum atomic E-state index is 12.6. The van der Waals surface area contributed by atoms with Gasteiger partial charge in [-0.2, -0.15) is 13.2 Å². The van der Waals surface area contributed by atoms with Crippen LogP contribution in [0.1, 0.15) is 30.4 Å². The zero-order valence-corrected chi connectivity index (χ0v) is 15.7. The van der Waals surface area contributed by atoms with Gasteiger partial charge in [0.2, 0.25) is 5.91 Å². The fourth-order valence-electron chi connectivity index (χ4n) is 3.59. The quantitative estimate of drug-likeness (QED) is 0.754. The van der Waals surface area contributed by atoms with E-state index in [0.29, 0.717) is 24.6 Å². The van der Waals surface area contributed by atoms with E-state index in [4.69, 9.17) is 0 Å². The van der Waals surface area contributed by atoms with Crippen molar-refractivity contribution in [2.75, 3.05) is 25.0 Å². The summed E-state index contributed by atoms with van der Waals surface area (Å²) >= 11 is 0. The van der Waals surface area contributed by atoms with Gasteiger partial charge in [0.05, 0.1) is 5.56 Å². The third kappa shape index (κ3) is 6.09. The summed E-state index contributed by atoms with van der Waals surface area (Å²) in [7, 11) is 0. The maximum Gasteiger partial charge on any atom is 0.416 e. The summed E-state index contributed by atoms with van der Waals surface area (Å²) in [4.78, 5) is 14.4. The molecule has 1 saturated heterocycles. The molecule has 1 N–H and O–H groups in total. The monoisotopic (exact) mass is 390 g/mol. The number of benzene rings is 2. The molecule has 1 aliphatic rings. The summed E-state index contributed by atoms with van der Waals surface area (Å²) in [5.74, 6) is 0.505. The second-order valence-corrected chi connectivity index (χ2v) is 7.35. The molecule has 0 bridgehead atoms. The highest BCUT2D eigenvalue weighted by Gasteiger charge is 2.30. The standard InChI is InChI=1S/C22H25F3N2O/c23-22(24,25)19-6-8-20(9-7-19)26-21(28)12-15-27-13-10-18(11-14-27)16-17-4-2-1-3-5-17/h1-9,18H,10-16H2,(H,26,28). The molecule has 2 aromatic carbocycles. The number of hydrogen-bond acceptors (Lipinski definition) is 2. The Bertz CT molecular complexity index is 752. The van der Waals surface area contributed by atoms with Crippen molar-refractivity contribution < 1.29 is 18.0 Å². The Morgan fingerprint density at radius 3 is 2.25 bits per heavy atom. The first kappa shape index (κ1) is 20.4. The first-order chi connectivity index (χ1) is 13.4. The number of likely N-dealkylation sites (tertiary alicyclic amines) is 1. The van der Waals surface area contributed by atoms with Crippen molar-refractivity contribution in [1.29, 1.82) is 0 Å². The normalized spacial score (nSPS) is 16.1. The van der Waals surface area contributed by atoms with Crippen molar-refractivity contribution >= 4 is 11.6 Å². The number of halogens is 3. The number of alkyl halides is 3. The Balaban J connectivity index is 1.37. The van der Waals surface area contributed by atoms with Gasteiger partial charge in [0, 0.05) is 18.7 Å². The number of amides is 1. The molecule has 0 spiro atoms. The first-order valence-corrected chi connectivity index (χ1v) is 9.63. The van der Waals surface area contributed by atoms with E-state index in [1.54, 1.807) is 0 Å². The number of piperidine rings is 1. The summed E-state index contributed by atoms with van der Waals surface area (Å²) in [6.07, 6.45) is -0.687. The van der Waals surface area contributed by atoms with Crippen LogP contribution < -0.4 is 5.32 Å². The molecule has 2 aromatic rings. The van der Waals surface area contributed by atoms with Crippen LogP contribution in [0.4, 0.5) is 18.9 Å². The van der Waals surface area contributed by atoms with Gasteiger partial charge >= 0.3 is 6.18 Å². The van der Waals surface area contributed by atoms with Crippen LogP contribution in [0.15, 0.2) is 54.6 Å². The summed E-state index contributed by atoms with van der Waals surface area (Å²) in [5.41, 5.74) is 1.04. The zero-order chi connectivity index (χ0) is 20.0. The van der Waals surface area contributed by atoms with E-state index in [9.17, 15) is 18.0 Å². The van der Waals surface area contributed by atoms with E-state index in [1.165, 1.54) is 17.7 Å². The molecule has 3 nitrogen and oxygen atoms in total. The molecule has 0 atom stereocenters. The van der Waals surface area contributed by atoms with Crippen molar-refractivity contribution in [2.45, 2.75) is 31.9 Å². The lowest BCUT2D eigenvalue weighted by Crippen LogP contribution is -2.36. The van der Waals surface area contributed by atoms with Crippen molar-refractivity contribution in [3.8, 4) is 0 Å². The second-order valence-electron chi connectivity index (χ2n) is 7.35. The van der Waals surface area contributed by atoms with E-state index in [1.807, 2.05) is 6.07 Å². The van der Waals surface area contributed by atoms with Crippen molar-refractivity contribution in [3.63, 3.8) is 0 Å². The summed E-state index contributed by atoms with van der Waals surface area (Å²) < 4.78 is 37.7. The van der Waals surface area contributed by atoms with Gasteiger partial charge in [0.25, 0.3) is 0 Å². The van der Waals surface area contributed by atoms with E-state index in [-0.39, 0.29) is 5.91 Å². The summed E-state index contributed by atoms with van der Waals surface area (Å²) in [5, 5.41) is 2.67. The molecule has 6 heteroatoms. The highest BCUT2D eigenvalue weighted by molar-refractivity contribution is 5.90. The SMILES string of the molecule is O=C(CCN1CCC(Cc2ccccc2)CC1)Nc1ccc(C(F)(F)F)cc1. The Hall–Kier alpha value is -2.34. The second kappa shape index (κ2) is 9.24. The largest absolute Gasteiger partial charge is 0.416 e. The first-order valence-electron chi connectivity index (χ1n) is 9.63. The van der Waals surface area contributed by atoms with Gasteiger partial charge < -0.3 is 10.2 Å². The molecule has 1 aliphatic heterocycles. The van der Waals surface area contributed by atoms with Crippen LogP contribution in [0.5, 0.6) is 0 Å². The molecular weight excluding hydrogens is 365 g/mol. The maximum absolute atomic E-state index is 12.6. The van der Waals surface area contributed by atoms with Gasteiger partial charge in [-0.05, 0) is 68.1 Å². The summed E-state index contributed by atoms with van der Waals surface area (Å²) in [6.45, 7) is 2.63. The fourth-order valence-corrected chi connectivity index (χ4v) is 3.59. The molecule has 0 radical (unpaired) electrons. The van der Waals surface area contributed by atoms with E-state index in [2.05, 4.69) is 34.5 Å². The van der Waals surface area contributed by atoms with Gasteiger partial charge in [-0.15, -0.1) is 0 Å². The van der Waals surface area contributed by atoms with Gasteiger partial charge in [-0.3, -0.25) is 4.79 Å². The number of hydrogen-bond donors (Lipinski definition) is 1. The Labute approximate surface area is 163 Å². The van der Waals surface area contributed by atoms with Crippen LogP contribution in [-0.2, 0) is 17.4 Å². The highest BCUT2D eigenvalue weighted by atomic mass is 19.4. The number of anilines is 1. The van der Waals surface area contributed by atoms with E-state index < -0.39 is 11.7 Å². The molecule has 0 aliphatic carbocycles. The lowest BCUT2D eigenvalue weighted by Gasteiger charge is -2.31. The average molecular weight is 390 g/mol. The molecule has 28 heavy (non-hydrogen) atoms. The smallest absolute Gasteiger partial charge is 0.326 e. The number of nitrogens with one attached hydrogen (secondary N) is 1. The van der Waals surface area contributed by atoms with Gasteiger partial charge in [0.1, 0.15) is 0 Å². The van der Waals surface area contributed by atoms with Gasteiger partial charge in [0.15, 0.2) is 0 Å². The Morgan fingerprint density at radius 2 is 1.64 bits per heavy atom. The molecule has 3 rings (SSSR count). The molecular formula is C22H25F3N2O. The van der Waals surface area contributed by atoms with Crippen molar-refractivity contribution in [1.82, 2.24) is 4.90 Å². The zero-order valence-electron chi connectivity index (χ0n) is 15.7. The molecule has 1 heterocycles. The number of carbonyl (C=O) groups is 1. The molecule has 1 fully saturated rings. The van der Waals surface area contributed by atoms with E-state index in [0.717, 1.165) is 44.5 Å². The average Bonchev–Trinajstić information content (AvgIpc) is 2.68. The minimum atomic E-state index is -4.37. The Kier molecular flexibility index (Phi) is 6.73. The highest BCUT2D eigenvalue weighted by Crippen LogP contribution is 2.29. The van der Waals surface area contributed by atoms with E-state index >= 15 is 0 Å². The van der Waals surface area contributed by atoms with Gasteiger partial charge in [-0.25, -0.2) is 0 Å². The van der Waals surface area contributed by atoms with Crippen molar-refractivity contribution in [3.05, 3.63) is 65.7 Å². The van der Waals surface area contributed by atoms with Crippen LogP contribution in [0.2, 0.25) is 0 Å². The number of carbonyl (C=O) groups excluding carboxylic acids is 1. The van der Waals surface area contributed by atoms with Crippen LogP contribution in [0, 0.1) is 5.92 Å². The lowest BCUT2D eigenvalue weighted by molar-refractivity contribution is -0.137. The van der Waals surface area contributed by atoms with Crippen LogP contribution in [0.3, 0.4) is 0 Å². The number of rotatable bonds is 6. The van der Waals surface area contributed by atoms with Crippen LogP contribution >= 0.6 is 0 Å². The predicted octanol–water partition coefficient (Wildman–Crippen LogP) is 4.99. The Morgan fingerprint density at radius 1 is 1.00 bits per heavy atom.